The van der Waals surface area contributed by atoms with E-state index in [-0.39, 0.29) is 11.3 Å². The Morgan fingerprint density at radius 1 is 1.33 bits per heavy atom. The highest BCUT2D eigenvalue weighted by Gasteiger charge is 2.52. The third-order valence-corrected chi connectivity index (χ3v) is 6.16. The Morgan fingerprint density at radius 2 is 2.22 bits per heavy atom. The lowest BCUT2D eigenvalue weighted by molar-refractivity contribution is -0.139. The number of likely N-dealkylation sites (tertiary alicyclic amines) is 1. The van der Waals surface area contributed by atoms with Crippen LogP contribution in [-0.2, 0) is 11.3 Å². The van der Waals surface area contributed by atoms with Gasteiger partial charge in [0.05, 0.1) is 23.0 Å². The molecule has 1 saturated carbocycles. The van der Waals surface area contributed by atoms with Gasteiger partial charge in [-0.1, -0.05) is 12.1 Å². The highest BCUT2D eigenvalue weighted by atomic mass is 16.2. The van der Waals surface area contributed by atoms with E-state index in [1.165, 1.54) is 5.56 Å². The van der Waals surface area contributed by atoms with Crippen LogP contribution >= 0.6 is 0 Å². The zero-order chi connectivity index (χ0) is 18.4. The third-order valence-electron chi connectivity index (χ3n) is 6.16. The average Bonchev–Trinajstić information content (AvgIpc) is 3.08. The number of nitrogens with zero attached hydrogens (tertiary/aromatic N) is 4. The van der Waals surface area contributed by atoms with Gasteiger partial charge < -0.3 is 9.88 Å². The van der Waals surface area contributed by atoms with E-state index < -0.39 is 0 Å². The standard InChI is InChI=1S/C21H25N5O/c1-15-5-2-7-17-18(15)24-19(23-17)16-6-3-11-25(13-16)20(27)21(8-9-21)14-26-12-4-10-22-26/h2,4-5,7,10,12,16H,3,6,8-9,11,13-14H2,1H3,(H,23,24). The van der Waals surface area contributed by atoms with E-state index in [1.54, 1.807) is 6.20 Å². The number of H-pyrrole nitrogens is 1. The lowest BCUT2D eigenvalue weighted by atomic mass is 9.95. The molecule has 5 rings (SSSR count). The summed E-state index contributed by atoms with van der Waals surface area (Å²) in [5, 5.41) is 4.29. The molecule has 140 valence electrons. The fourth-order valence-electron chi connectivity index (χ4n) is 4.40. The first-order valence-corrected chi connectivity index (χ1v) is 9.87. The number of para-hydroxylation sites is 1. The number of carbonyl (C=O) groups is 1. The molecular formula is C21H25N5O. The molecule has 27 heavy (non-hydrogen) atoms. The number of imidazole rings is 1. The van der Waals surface area contributed by atoms with Gasteiger partial charge in [0.25, 0.3) is 0 Å². The predicted molar refractivity (Wildman–Crippen MR) is 103 cm³/mol. The summed E-state index contributed by atoms with van der Waals surface area (Å²) >= 11 is 0. The first-order chi connectivity index (χ1) is 13.1. The van der Waals surface area contributed by atoms with E-state index in [1.807, 2.05) is 16.9 Å². The first-order valence-electron chi connectivity index (χ1n) is 9.87. The molecule has 1 aliphatic heterocycles. The molecule has 0 radical (unpaired) electrons. The highest BCUT2D eigenvalue weighted by Crippen LogP contribution is 2.49. The number of fused-ring (bicyclic) bond motifs is 1. The number of nitrogens with one attached hydrogen (secondary N) is 1. The summed E-state index contributed by atoms with van der Waals surface area (Å²) in [4.78, 5) is 23.7. The zero-order valence-corrected chi connectivity index (χ0v) is 15.7. The van der Waals surface area contributed by atoms with Crippen LogP contribution in [-0.4, -0.2) is 43.6 Å². The quantitative estimate of drug-likeness (QED) is 0.774. The smallest absolute Gasteiger partial charge is 0.230 e. The van der Waals surface area contributed by atoms with Crippen molar-refractivity contribution in [3.8, 4) is 0 Å². The van der Waals surface area contributed by atoms with Crippen LogP contribution in [0.5, 0.6) is 0 Å². The van der Waals surface area contributed by atoms with Gasteiger partial charge in [0.1, 0.15) is 5.82 Å². The summed E-state index contributed by atoms with van der Waals surface area (Å²) in [6.07, 6.45) is 7.77. The van der Waals surface area contributed by atoms with E-state index in [2.05, 4.69) is 40.1 Å². The molecule has 3 aromatic rings. The molecule has 6 nitrogen and oxygen atoms in total. The Balaban J connectivity index is 1.34. The first kappa shape index (κ1) is 16.5. The van der Waals surface area contributed by atoms with Crippen molar-refractivity contribution in [1.29, 1.82) is 0 Å². The number of aromatic amines is 1. The second-order valence-electron chi connectivity index (χ2n) is 8.17. The van der Waals surface area contributed by atoms with Gasteiger partial charge in [0, 0.05) is 31.4 Å². The molecule has 1 atom stereocenters. The maximum Gasteiger partial charge on any atom is 0.230 e. The zero-order valence-electron chi connectivity index (χ0n) is 15.7. The SMILES string of the molecule is Cc1cccc2[nH]c(C3CCCN(C(=O)C4(Cn5cccn5)CC4)C3)nc12. The summed E-state index contributed by atoms with van der Waals surface area (Å²) in [6.45, 7) is 4.41. The average molecular weight is 363 g/mol. The summed E-state index contributed by atoms with van der Waals surface area (Å²) in [7, 11) is 0. The van der Waals surface area contributed by atoms with Crippen molar-refractivity contribution >= 4 is 16.9 Å². The Labute approximate surface area is 158 Å². The van der Waals surface area contributed by atoms with Crippen molar-refractivity contribution in [2.24, 2.45) is 5.41 Å². The molecule has 1 N–H and O–H groups in total. The molecule has 6 heteroatoms. The van der Waals surface area contributed by atoms with Crippen molar-refractivity contribution in [1.82, 2.24) is 24.6 Å². The molecule has 1 aromatic carbocycles. The Hall–Kier alpha value is -2.63. The number of aryl methyl sites for hydroxylation is 1. The fraction of sp³-hybridized carbons (Fsp3) is 0.476. The van der Waals surface area contributed by atoms with Crippen molar-refractivity contribution in [2.45, 2.75) is 45.1 Å². The van der Waals surface area contributed by atoms with Crippen LogP contribution in [0.4, 0.5) is 0 Å². The van der Waals surface area contributed by atoms with Crippen LogP contribution < -0.4 is 0 Å². The summed E-state index contributed by atoms with van der Waals surface area (Å²) in [5.41, 5.74) is 3.09. The minimum absolute atomic E-state index is 0.238. The lowest BCUT2D eigenvalue weighted by Crippen LogP contribution is -2.44. The van der Waals surface area contributed by atoms with Crippen LogP contribution in [0.25, 0.3) is 11.0 Å². The number of aromatic nitrogens is 4. The second kappa shape index (κ2) is 6.22. The summed E-state index contributed by atoms with van der Waals surface area (Å²) in [5.74, 6) is 1.61. The van der Waals surface area contributed by atoms with E-state index in [4.69, 9.17) is 4.98 Å². The minimum atomic E-state index is -0.238. The summed E-state index contributed by atoms with van der Waals surface area (Å²) in [6, 6.07) is 8.15. The van der Waals surface area contributed by atoms with E-state index in [0.29, 0.717) is 12.5 Å². The number of hydrogen-bond acceptors (Lipinski definition) is 3. The highest BCUT2D eigenvalue weighted by molar-refractivity contribution is 5.85. The fourth-order valence-corrected chi connectivity index (χ4v) is 4.40. The predicted octanol–water partition coefficient (Wildman–Crippen LogP) is 3.25. The molecule has 0 spiro atoms. The Morgan fingerprint density at radius 3 is 2.96 bits per heavy atom. The van der Waals surface area contributed by atoms with E-state index in [9.17, 15) is 4.79 Å². The normalized spacial score (nSPS) is 21.5. The number of amides is 1. The van der Waals surface area contributed by atoms with Crippen LogP contribution in [0.2, 0.25) is 0 Å². The molecule has 2 aromatic heterocycles. The maximum atomic E-state index is 13.3. The largest absolute Gasteiger partial charge is 0.342 e. The topological polar surface area (TPSA) is 66.8 Å². The van der Waals surface area contributed by atoms with Gasteiger partial charge in [-0.3, -0.25) is 9.48 Å². The lowest BCUT2D eigenvalue weighted by Gasteiger charge is -2.34. The van der Waals surface area contributed by atoms with Crippen LogP contribution in [0.1, 0.15) is 43.0 Å². The van der Waals surface area contributed by atoms with Crippen LogP contribution in [0, 0.1) is 12.3 Å². The molecular weight excluding hydrogens is 338 g/mol. The molecule has 1 amide bonds. The number of hydrogen-bond donors (Lipinski definition) is 1. The van der Waals surface area contributed by atoms with Gasteiger partial charge in [0.2, 0.25) is 5.91 Å². The van der Waals surface area contributed by atoms with Gasteiger partial charge in [-0.25, -0.2) is 4.98 Å². The van der Waals surface area contributed by atoms with E-state index >= 15 is 0 Å². The van der Waals surface area contributed by atoms with E-state index in [0.717, 1.165) is 55.6 Å². The Kier molecular flexibility index (Phi) is 3.81. The second-order valence-corrected chi connectivity index (χ2v) is 8.17. The molecule has 2 aliphatic rings. The number of carbonyl (C=O) groups excluding carboxylic acids is 1. The van der Waals surface area contributed by atoms with Gasteiger partial charge >= 0.3 is 0 Å². The molecule has 2 fully saturated rings. The molecule has 3 heterocycles. The van der Waals surface area contributed by atoms with Crippen molar-refractivity contribution in [3.05, 3.63) is 48.0 Å². The van der Waals surface area contributed by atoms with Crippen molar-refractivity contribution in [3.63, 3.8) is 0 Å². The third kappa shape index (κ3) is 2.93. The van der Waals surface area contributed by atoms with Gasteiger partial charge in [-0.15, -0.1) is 0 Å². The van der Waals surface area contributed by atoms with Crippen LogP contribution in [0.15, 0.2) is 36.7 Å². The number of piperidine rings is 1. The van der Waals surface area contributed by atoms with Crippen LogP contribution in [0.3, 0.4) is 0 Å². The molecule has 1 unspecified atom stereocenters. The Bertz CT molecular complexity index is 970. The molecule has 1 aliphatic carbocycles. The van der Waals surface area contributed by atoms with Gasteiger partial charge in [-0.2, -0.15) is 5.10 Å². The molecule has 1 saturated heterocycles. The monoisotopic (exact) mass is 363 g/mol. The van der Waals surface area contributed by atoms with Crippen molar-refractivity contribution in [2.75, 3.05) is 13.1 Å². The van der Waals surface area contributed by atoms with Gasteiger partial charge in [0.15, 0.2) is 0 Å². The summed E-state index contributed by atoms with van der Waals surface area (Å²) < 4.78 is 1.90. The number of benzene rings is 1. The minimum Gasteiger partial charge on any atom is -0.342 e. The number of rotatable bonds is 4. The molecule has 0 bridgehead atoms. The van der Waals surface area contributed by atoms with Gasteiger partial charge in [-0.05, 0) is 50.3 Å². The maximum absolute atomic E-state index is 13.3. The van der Waals surface area contributed by atoms with Crippen molar-refractivity contribution < 1.29 is 4.79 Å².